The van der Waals surface area contributed by atoms with Crippen LogP contribution in [-0.2, 0) is 6.54 Å². The van der Waals surface area contributed by atoms with E-state index in [4.69, 9.17) is 4.74 Å². The summed E-state index contributed by atoms with van der Waals surface area (Å²) >= 11 is 0. The minimum Gasteiger partial charge on any atom is -0.492 e. The van der Waals surface area contributed by atoms with Crippen LogP contribution in [0.5, 0.6) is 5.75 Å². The Labute approximate surface area is 141 Å². The van der Waals surface area contributed by atoms with Crippen molar-refractivity contribution in [3.8, 4) is 5.75 Å². The molecule has 0 aliphatic carbocycles. The normalized spacial score (nSPS) is 16.4. The summed E-state index contributed by atoms with van der Waals surface area (Å²) < 4.78 is 42.4. The van der Waals surface area contributed by atoms with Gasteiger partial charge in [-0.25, -0.2) is 0 Å². The summed E-state index contributed by atoms with van der Waals surface area (Å²) in [5, 5.41) is 0. The summed E-state index contributed by atoms with van der Waals surface area (Å²) in [4.78, 5) is 1.38. The second-order valence-corrected chi connectivity index (χ2v) is 3.90. The minimum atomic E-state index is -4.77. The topological polar surface area (TPSA) is 12.5 Å². The van der Waals surface area contributed by atoms with Gasteiger partial charge in [0.2, 0.25) is 0 Å². The van der Waals surface area contributed by atoms with Crippen molar-refractivity contribution in [3.05, 3.63) is 29.8 Å². The average Bonchev–Trinajstić information content (AvgIpc) is 2.36. The van der Waals surface area contributed by atoms with Crippen molar-refractivity contribution in [2.24, 2.45) is 0 Å². The molecule has 1 aromatic rings. The fourth-order valence-electron chi connectivity index (χ4n) is 1.83. The average molecular weight is 269 g/mol. The fraction of sp³-hybridized carbons (Fsp3) is 0.400. The Morgan fingerprint density at radius 2 is 1.94 bits per heavy atom. The summed E-state index contributed by atoms with van der Waals surface area (Å²) in [5.74, 6) is 0.694. The number of fused-ring (bicyclic) bond motifs is 1. The molecule has 1 aliphatic rings. The van der Waals surface area contributed by atoms with Crippen LogP contribution in [0.2, 0.25) is 0 Å². The smallest absolute Gasteiger partial charge is 0.492 e. The third-order valence-corrected chi connectivity index (χ3v) is 2.50. The van der Waals surface area contributed by atoms with Crippen molar-refractivity contribution in [1.82, 2.24) is 4.90 Å². The van der Waals surface area contributed by atoms with Crippen molar-refractivity contribution < 1.29 is 69.1 Å². The number of hydrogen-bond donors (Lipinski definition) is 0. The van der Waals surface area contributed by atoms with E-state index < -0.39 is 13.4 Å². The number of benzene rings is 1. The van der Waals surface area contributed by atoms with Crippen molar-refractivity contribution in [2.75, 3.05) is 19.6 Å². The van der Waals surface area contributed by atoms with Crippen molar-refractivity contribution in [3.63, 3.8) is 0 Å². The van der Waals surface area contributed by atoms with Crippen molar-refractivity contribution >= 4 is 6.98 Å². The maximum Gasteiger partial charge on any atom is 1.00 e. The number of para-hydroxylation sites is 1. The molecule has 2 rings (SSSR count). The van der Waals surface area contributed by atoms with Crippen LogP contribution in [0.15, 0.2) is 24.3 Å². The summed E-state index contributed by atoms with van der Waals surface area (Å²) in [7, 11) is 0. The quantitative estimate of drug-likeness (QED) is 0.656. The summed E-state index contributed by atoms with van der Waals surface area (Å²) in [6, 6.07) is 7.22. The second kappa shape index (κ2) is 6.58. The molecule has 0 spiro atoms. The predicted molar refractivity (Wildman–Crippen MR) is 56.3 cm³/mol. The molecule has 17 heavy (non-hydrogen) atoms. The van der Waals surface area contributed by atoms with Crippen molar-refractivity contribution in [2.45, 2.75) is 6.54 Å². The Bertz CT molecular complexity index is 375. The zero-order valence-electron chi connectivity index (χ0n) is 9.70. The van der Waals surface area contributed by atoms with E-state index in [0.29, 0.717) is 25.4 Å². The Kier molecular flexibility index (Phi) is 6.01. The van der Waals surface area contributed by atoms with Gasteiger partial charge in [-0.3, -0.25) is 0 Å². The Hall–Kier alpha value is 0.471. The number of rotatable bonds is 2. The molecule has 0 atom stereocenters. The largest absolute Gasteiger partial charge is 1.00 e. The monoisotopic (exact) mass is 269 g/mol. The molecule has 1 heterocycles. The predicted octanol–water partition coefficient (Wildman–Crippen LogP) is -0.728. The van der Waals surface area contributed by atoms with Gasteiger partial charge in [0, 0.05) is 18.7 Å². The molecule has 0 radical (unpaired) electrons. The molecule has 0 saturated carbocycles. The Balaban J connectivity index is 0.00000144. The molecular weight excluding hydrogens is 257 g/mol. The molecule has 88 valence electrons. The third-order valence-electron chi connectivity index (χ3n) is 2.50. The number of ether oxygens (including phenoxy) is 1. The molecule has 7 heteroatoms. The minimum absolute atomic E-state index is 0. The number of hydrogen-bond acceptors (Lipinski definition) is 2. The van der Waals surface area contributed by atoms with E-state index in [1.165, 1.54) is 4.90 Å². The van der Waals surface area contributed by atoms with Gasteiger partial charge in [-0.15, -0.1) is 0 Å². The van der Waals surface area contributed by atoms with E-state index in [1.54, 1.807) is 12.1 Å². The van der Waals surface area contributed by atoms with Crippen LogP contribution in [0.1, 0.15) is 5.56 Å². The number of nitrogens with zero attached hydrogens (tertiary/aromatic N) is 1. The van der Waals surface area contributed by atoms with Crippen LogP contribution < -0.4 is 56.1 Å². The Morgan fingerprint density at radius 1 is 1.24 bits per heavy atom. The molecular formula is C10H12BF3KNO. The first-order valence-electron chi connectivity index (χ1n) is 5.19. The molecule has 1 aliphatic heterocycles. The molecule has 0 unspecified atom stereocenters. The first-order chi connectivity index (χ1) is 7.54. The van der Waals surface area contributed by atoms with Crippen LogP contribution in [0.4, 0.5) is 12.9 Å². The van der Waals surface area contributed by atoms with Gasteiger partial charge in [-0.2, -0.15) is 0 Å². The van der Waals surface area contributed by atoms with Gasteiger partial charge in [0.1, 0.15) is 12.4 Å². The van der Waals surface area contributed by atoms with E-state index in [2.05, 4.69) is 0 Å². The van der Waals surface area contributed by atoms with Gasteiger partial charge in [0.05, 0.1) is 0 Å². The summed E-state index contributed by atoms with van der Waals surface area (Å²) in [6.45, 7) is -3.84. The SMILES string of the molecule is F[B-](F)(F)CN1CCOc2ccccc2C1.[K+]. The van der Waals surface area contributed by atoms with Gasteiger partial charge < -0.3 is 22.6 Å². The van der Waals surface area contributed by atoms with Crippen LogP contribution in [-0.4, -0.2) is 31.5 Å². The van der Waals surface area contributed by atoms with Crippen LogP contribution in [0.3, 0.4) is 0 Å². The van der Waals surface area contributed by atoms with E-state index in [-0.39, 0.29) is 51.4 Å². The van der Waals surface area contributed by atoms with E-state index in [0.717, 1.165) is 5.56 Å². The van der Waals surface area contributed by atoms with E-state index >= 15 is 0 Å². The first kappa shape index (κ1) is 15.5. The van der Waals surface area contributed by atoms with Gasteiger partial charge in [-0.1, -0.05) is 18.2 Å². The first-order valence-corrected chi connectivity index (χ1v) is 5.19. The second-order valence-electron chi connectivity index (χ2n) is 3.90. The van der Waals surface area contributed by atoms with Gasteiger partial charge in [-0.05, 0) is 12.5 Å². The molecule has 0 bridgehead atoms. The van der Waals surface area contributed by atoms with Crippen LogP contribution >= 0.6 is 0 Å². The summed E-state index contributed by atoms with van der Waals surface area (Å²) in [5.41, 5.74) is 0.819. The van der Waals surface area contributed by atoms with Gasteiger partial charge >= 0.3 is 58.4 Å². The van der Waals surface area contributed by atoms with E-state index in [1.807, 2.05) is 12.1 Å². The maximum atomic E-state index is 12.3. The zero-order chi connectivity index (χ0) is 11.6. The Morgan fingerprint density at radius 3 is 2.65 bits per heavy atom. The molecule has 0 N–H and O–H groups in total. The molecule has 0 aromatic heterocycles. The standard InChI is InChI=1S/C10H12BF3NO.K/c12-11(13,14)8-15-5-6-16-10-4-2-1-3-9(10)7-15;/h1-4H,5-8H2;/q-1;+1. The molecule has 0 saturated heterocycles. The van der Waals surface area contributed by atoms with Crippen LogP contribution in [0, 0.1) is 0 Å². The van der Waals surface area contributed by atoms with Gasteiger partial charge in [0.25, 0.3) is 0 Å². The van der Waals surface area contributed by atoms with Crippen molar-refractivity contribution in [1.29, 1.82) is 0 Å². The molecule has 0 fully saturated rings. The maximum absolute atomic E-state index is 12.3. The van der Waals surface area contributed by atoms with Crippen LogP contribution in [0.25, 0.3) is 0 Å². The third kappa shape index (κ3) is 4.92. The van der Waals surface area contributed by atoms with E-state index in [9.17, 15) is 12.9 Å². The summed E-state index contributed by atoms with van der Waals surface area (Å²) in [6.07, 6.45) is -0.822. The van der Waals surface area contributed by atoms with Gasteiger partial charge in [0.15, 0.2) is 0 Å². The molecule has 0 amide bonds. The zero-order valence-corrected chi connectivity index (χ0v) is 12.8. The number of halogens is 3. The molecule has 2 nitrogen and oxygen atoms in total. The fourth-order valence-corrected chi connectivity index (χ4v) is 1.83. The molecule has 1 aromatic carbocycles.